The molecule has 0 aliphatic rings. The number of pyridine rings is 1. The van der Waals surface area contributed by atoms with E-state index in [1.165, 1.54) is 23.3 Å². The monoisotopic (exact) mass is 363 g/mol. The lowest BCUT2D eigenvalue weighted by molar-refractivity contribution is 0.0949. The molecule has 0 radical (unpaired) electrons. The number of nitrogens with zero attached hydrogens (tertiary/aromatic N) is 1. The van der Waals surface area contributed by atoms with E-state index in [2.05, 4.69) is 46.8 Å². The van der Waals surface area contributed by atoms with Gasteiger partial charge in [0.25, 0.3) is 5.91 Å². The zero-order valence-corrected chi connectivity index (χ0v) is 15.2. The molecule has 1 aromatic heterocycles. The number of amides is 1. The second-order valence-electron chi connectivity index (χ2n) is 6.40. The van der Waals surface area contributed by atoms with Crippen LogP contribution in [-0.2, 0) is 13.0 Å². The highest BCUT2D eigenvalue weighted by atomic mass is 19.1. The molecule has 2 aromatic carbocycles. The van der Waals surface area contributed by atoms with Gasteiger partial charge in [0.15, 0.2) is 0 Å². The van der Waals surface area contributed by atoms with Crippen molar-refractivity contribution < 1.29 is 9.18 Å². The summed E-state index contributed by atoms with van der Waals surface area (Å²) in [5.41, 5.74) is 4.57. The van der Waals surface area contributed by atoms with Crippen molar-refractivity contribution in [2.75, 3.05) is 11.9 Å². The standard InChI is InChI=1S/C22H22FN3O/c1-16-2-4-18(5-3-16)15-26-20-11-13-24-21(14-20)22(27)25-12-10-17-6-8-19(23)9-7-17/h2-9,11,13-14H,10,12,15H2,1H3,(H,24,26)(H,25,27). The van der Waals surface area contributed by atoms with Gasteiger partial charge >= 0.3 is 0 Å². The van der Waals surface area contributed by atoms with Crippen LogP contribution in [0.15, 0.2) is 66.9 Å². The van der Waals surface area contributed by atoms with E-state index in [1.54, 1.807) is 24.4 Å². The minimum absolute atomic E-state index is 0.226. The SMILES string of the molecule is Cc1ccc(CNc2ccnc(C(=O)NCCc3ccc(F)cc3)c2)cc1. The Balaban J connectivity index is 1.51. The molecule has 0 saturated carbocycles. The predicted molar refractivity (Wildman–Crippen MR) is 105 cm³/mol. The third-order valence-corrected chi connectivity index (χ3v) is 4.22. The lowest BCUT2D eigenvalue weighted by Gasteiger charge is -2.09. The fourth-order valence-corrected chi connectivity index (χ4v) is 2.64. The van der Waals surface area contributed by atoms with E-state index < -0.39 is 0 Å². The zero-order valence-electron chi connectivity index (χ0n) is 15.2. The number of rotatable bonds is 7. The molecule has 0 atom stereocenters. The molecule has 4 nitrogen and oxygen atoms in total. The number of halogens is 1. The number of aryl methyl sites for hydroxylation is 1. The molecule has 0 unspecified atom stereocenters. The summed E-state index contributed by atoms with van der Waals surface area (Å²) in [7, 11) is 0. The van der Waals surface area contributed by atoms with Crippen LogP contribution in [0.25, 0.3) is 0 Å². The summed E-state index contributed by atoms with van der Waals surface area (Å²) in [4.78, 5) is 16.4. The van der Waals surface area contributed by atoms with Crippen LogP contribution in [0.1, 0.15) is 27.2 Å². The second-order valence-corrected chi connectivity index (χ2v) is 6.40. The third-order valence-electron chi connectivity index (χ3n) is 4.22. The Bertz CT molecular complexity index is 892. The Hall–Kier alpha value is -3.21. The molecule has 0 saturated heterocycles. The van der Waals surface area contributed by atoms with Gasteiger partial charge in [-0.3, -0.25) is 9.78 Å². The van der Waals surface area contributed by atoms with Crippen LogP contribution in [0.5, 0.6) is 0 Å². The van der Waals surface area contributed by atoms with E-state index in [0.29, 0.717) is 25.2 Å². The van der Waals surface area contributed by atoms with E-state index in [-0.39, 0.29) is 11.7 Å². The van der Waals surface area contributed by atoms with Crippen molar-refractivity contribution in [2.45, 2.75) is 19.9 Å². The number of hydrogen-bond acceptors (Lipinski definition) is 3. The molecule has 1 amide bonds. The molecule has 138 valence electrons. The molecule has 2 N–H and O–H groups in total. The van der Waals surface area contributed by atoms with Crippen LogP contribution in [-0.4, -0.2) is 17.4 Å². The van der Waals surface area contributed by atoms with E-state index in [1.807, 2.05) is 6.07 Å². The van der Waals surface area contributed by atoms with E-state index >= 15 is 0 Å². The predicted octanol–water partition coefficient (Wildman–Crippen LogP) is 4.11. The lowest BCUT2D eigenvalue weighted by atomic mass is 10.1. The molecule has 1 heterocycles. The van der Waals surface area contributed by atoms with Gasteiger partial charge in [-0.25, -0.2) is 4.39 Å². The van der Waals surface area contributed by atoms with E-state index in [0.717, 1.165) is 11.3 Å². The van der Waals surface area contributed by atoms with Gasteiger partial charge < -0.3 is 10.6 Å². The maximum atomic E-state index is 12.9. The Morgan fingerprint density at radius 2 is 1.70 bits per heavy atom. The fourth-order valence-electron chi connectivity index (χ4n) is 2.64. The first-order chi connectivity index (χ1) is 13.1. The number of hydrogen-bond donors (Lipinski definition) is 2. The summed E-state index contributed by atoms with van der Waals surface area (Å²) in [6.45, 7) is 3.20. The molecule has 3 aromatic rings. The van der Waals surface area contributed by atoms with Gasteiger partial charge in [-0.15, -0.1) is 0 Å². The molecule has 3 rings (SSSR count). The first-order valence-electron chi connectivity index (χ1n) is 8.88. The molecule has 0 aliphatic heterocycles. The number of anilines is 1. The first-order valence-corrected chi connectivity index (χ1v) is 8.88. The van der Waals surface area contributed by atoms with Crippen LogP contribution < -0.4 is 10.6 Å². The van der Waals surface area contributed by atoms with Crippen LogP contribution in [0.4, 0.5) is 10.1 Å². The van der Waals surface area contributed by atoms with Crippen LogP contribution >= 0.6 is 0 Å². The average molecular weight is 363 g/mol. The molecular weight excluding hydrogens is 341 g/mol. The minimum Gasteiger partial charge on any atom is -0.381 e. The summed E-state index contributed by atoms with van der Waals surface area (Å²) in [6, 6.07) is 18.1. The van der Waals surface area contributed by atoms with Gasteiger partial charge in [0.2, 0.25) is 0 Å². The smallest absolute Gasteiger partial charge is 0.269 e. The zero-order chi connectivity index (χ0) is 19.1. The summed E-state index contributed by atoms with van der Waals surface area (Å²) >= 11 is 0. The van der Waals surface area contributed by atoms with Crippen LogP contribution in [0.2, 0.25) is 0 Å². The Labute approximate surface area is 158 Å². The number of carbonyl (C=O) groups is 1. The molecule has 0 spiro atoms. The first kappa shape index (κ1) is 18.6. The highest BCUT2D eigenvalue weighted by molar-refractivity contribution is 5.93. The maximum absolute atomic E-state index is 12.9. The van der Waals surface area contributed by atoms with E-state index in [4.69, 9.17) is 0 Å². The molecule has 27 heavy (non-hydrogen) atoms. The highest BCUT2D eigenvalue weighted by Crippen LogP contribution is 2.11. The Kier molecular flexibility index (Phi) is 6.15. The second kappa shape index (κ2) is 8.94. The number of carbonyl (C=O) groups excluding carboxylic acids is 1. The normalized spacial score (nSPS) is 10.4. The molecule has 5 heteroatoms. The highest BCUT2D eigenvalue weighted by Gasteiger charge is 2.07. The van der Waals surface area contributed by atoms with Gasteiger partial charge in [-0.1, -0.05) is 42.0 Å². The van der Waals surface area contributed by atoms with E-state index in [9.17, 15) is 9.18 Å². The minimum atomic E-state index is -0.262. The quantitative estimate of drug-likeness (QED) is 0.664. The van der Waals surface area contributed by atoms with Crippen molar-refractivity contribution >= 4 is 11.6 Å². The van der Waals surface area contributed by atoms with Gasteiger partial charge in [-0.2, -0.15) is 0 Å². The fraction of sp³-hybridized carbons (Fsp3) is 0.182. The van der Waals surface area contributed by atoms with Gasteiger partial charge in [0.05, 0.1) is 0 Å². The lowest BCUT2D eigenvalue weighted by Crippen LogP contribution is -2.26. The van der Waals surface area contributed by atoms with Crippen LogP contribution in [0.3, 0.4) is 0 Å². The summed E-state index contributed by atoms with van der Waals surface area (Å²) < 4.78 is 12.9. The van der Waals surface area contributed by atoms with Crippen molar-refractivity contribution in [3.8, 4) is 0 Å². The molecule has 0 fully saturated rings. The largest absolute Gasteiger partial charge is 0.381 e. The number of nitrogens with one attached hydrogen (secondary N) is 2. The third kappa shape index (κ3) is 5.64. The van der Waals surface area contributed by atoms with Crippen molar-refractivity contribution in [3.63, 3.8) is 0 Å². The number of aromatic nitrogens is 1. The van der Waals surface area contributed by atoms with Gasteiger partial charge in [0, 0.05) is 25.0 Å². The maximum Gasteiger partial charge on any atom is 0.269 e. The van der Waals surface area contributed by atoms with Gasteiger partial charge in [0.1, 0.15) is 11.5 Å². The van der Waals surface area contributed by atoms with Crippen LogP contribution in [0, 0.1) is 12.7 Å². The van der Waals surface area contributed by atoms with Crippen molar-refractivity contribution in [1.82, 2.24) is 10.3 Å². The molecule has 0 aliphatic carbocycles. The molecule has 0 bridgehead atoms. The summed E-state index contributed by atoms with van der Waals surface area (Å²) in [5, 5.41) is 6.15. The summed E-state index contributed by atoms with van der Waals surface area (Å²) in [5.74, 6) is -0.488. The topological polar surface area (TPSA) is 54.0 Å². The van der Waals surface area contributed by atoms with Crippen molar-refractivity contribution in [3.05, 3.63) is 95.1 Å². The Morgan fingerprint density at radius 1 is 1.00 bits per heavy atom. The average Bonchev–Trinajstić information content (AvgIpc) is 2.69. The van der Waals surface area contributed by atoms with Crippen molar-refractivity contribution in [2.24, 2.45) is 0 Å². The van der Waals surface area contributed by atoms with Gasteiger partial charge in [-0.05, 0) is 48.7 Å². The molecular formula is C22H22FN3O. The Morgan fingerprint density at radius 3 is 2.44 bits per heavy atom. The number of benzene rings is 2. The summed E-state index contributed by atoms with van der Waals surface area (Å²) in [6.07, 6.45) is 2.25. The van der Waals surface area contributed by atoms with Crippen molar-refractivity contribution in [1.29, 1.82) is 0 Å².